The van der Waals surface area contributed by atoms with E-state index in [9.17, 15) is 5.11 Å². The quantitative estimate of drug-likeness (QED) is 0.881. The van der Waals surface area contributed by atoms with E-state index in [2.05, 4.69) is 52.1 Å². The van der Waals surface area contributed by atoms with Crippen molar-refractivity contribution in [2.75, 3.05) is 52.9 Å². The number of piperidine rings is 1. The van der Waals surface area contributed by atoms with Gasteiger partial charge >= 0.3 is 0 Å². The van der Waals surface area contributed by atoms with Gasteiger partial charge in [-0.1, -0.05) is 49.6 Å². The van der Waals surface area contributed by atoms with Crippen LogP contribution in [0.2, 0.25) is 0 Å². The van der Waals surface area contributed by atoms with Crippen molar-refractivity contribution in [1.82, 2.24) is 14.7 Å². The Morgan fingerprint density at radius 1 is 0.963 bits per heavy atom. The van der Waals surface area contributed by atoms with Crippen LogP contribution in [0.3, 0.4) is 0 Å². The van der Waals surface area contributed by atoms with Crippen LogP contribution in [0.4, 0.5) is 0 Å². The molecule has 1 aliphatic carbocycles. The zero-order chi connectivity index (χ0) is 18.7. The molecule has 2 heterocycles. The van der Waals surface area contributed by atoms with Crippen molar-refractivity contribution in [1.29, 1.82) is 0 Å². The number of rotatable bonds is 4. The van der Waals surface area contributed by atoms with E-state index in [1.54, 1.807) is 0 Å². The van der Waals surface area contributed by atoms with Gasteiger partial charge in [-0.25, -0.2) is 0 Å². The Morgan fingerprint density at radius 2 is 1.67 bits per heavy atom. The molecule has 2 aliphatic heterocycles. The molecule has 0 amide bonds. The van der Waals surface area contributed by atoms with Gasteiger partial charge in [-0.05, 0) is 37.8 Å². The molecule has 0 unspecified atom stereocenters. The molecule has 2 atom stereocenters. The average molecular weight is 372 g/mol. The first-order valence-electron chi connectivity index (χ1n) is 11.1. The Kier molecular flexibility index (Phi) is 6.18. The van der Waals surface area contributed by atoms with Crippen LogP contribution in [0.15, 0.2) is 30.3 Å². The number of aliphatic hydroxyl groups is 1. The Labute approximate surface area is 165 Å². The zero-order valence-electron chi connectivity index (χ0n) is 17.0. The lowest BCUT2D eigenvalue weighted by atomic mass is 9.78. The van der Waals surface area contributed by atoms with Gasteiger partial charge in [0.2, 0.25) is 0 Å². The Hall–Kier alpha value is -0.940. The maximum atomic E-state index is 11.9. The highest BCUT2D eigenvalue weighted by atomic mass is 16.3. The third-order valence-corrected chi connectivity index (χ3v) is 7.29. The topological polar surface area (TPSA) is 30.0 Å². The van der Waals surface area contributed by atoms with Crippen LogP contribution in [0.5, 0.6) is 0 Å². The van der Waals surface area contributed by atoms with E-state index in [0.29, 0.717) is 0 Å². The Bertz CT molecular complexity index is 581. The van der Waals surface area contributed by atoms with Crippen molar-refractivity contribution in [2.24, 2.45) is 5.92 Å². The van der Waals surface area contributed by atoms with Gasteiger partial charge < -0.3 is 14.9 Å². The summed E-state index contributed by atoms with van der Waals surface area (Å²) >= 11 is 0. The maximum Gasteiger partial charge on any atom is 0.108 e. The second kappa shape index (κ2) is 8.60. The predicted molar refractivity (Wildman–Crippen MR) is 111 cm³/mol. The summed E-state index contributed by atoms with van der Waals surface area (Å²) in [7, 11) is 2.21. The van der Waals surface area contributed by atoms with Crippen molar-refractivity contribution >= 4 is 0 Å². The maximum absolute atomic E-state index is 11.9. The molecule has 4 rings (SSSR count). The van der Waals surface area contributed by atoms with Crippen LogP contribution < -0.4 is 0 Å². The minimum absolute atomic E-state index is 0.200. The van der Waals surface area contributed by atoms with E-state index < -0.39 is 5.60 Å². The molecule has 3 fully saturated rings. The van der Waals surface area contributed by atoms with Gasteiger partial charge in [-0.15, -0.1) is 0 Å². The summed E-state index contributed by atoms with van der Waals surface area (Å²) in [5.41, 5.74) is 0.381. The van der Waals surface area contributed by atoms with Gasteiger partial charge in [-0.3, -0.25) is 4.90 Å². The SMILES string of the molecule is CN1CCN([C@@H]2CN(CC3CCCCC3)CC[C@]2(O)c2ccccc2)CC1. The molecule has 2 saturated heterocycles. The van der Waals surface area contributed by atoms with Gasteiger partial charge in [0, 0.05) is 45.8 Å². The lowest BCUT2D eigenvalue weighted by Gasteiger charge is -2.51. The molecule has 150 valence electrons. The summed E-state index contributed by atoms with van der Waals surface area (Å²) in [6.07, 6.45) is 7.90. The van der Waals surface area contributed by atoms with Crippen molar-refractivity contribution in [3.63, 3.8) is 0 Å². The monoisotopic (exact) mass is 371 g/mol. The van der Waals surface area contributed by atoms with E-state index in [0.717, 1.165) is 57.2 Å². The largest absolute Gasteiger partial charge is 0.383 e. The lowest BCUT2D eigenvalue weighted by Crippen LogP contribution is -2.64. The minimum Gasteiger partial charge on any atom is -0.383 e. The first-order chi connectivity index (χ1) is 13.1. The molecule has 1 aromatic rings. The normalized spacial score (nSPS) is 32.6. The van der Waals surface area contributed by atoms with Crippen molar-refractivity contribution < 1.29 is 5.11 Å². The number of nitrogens with zero attached hydrogens (tertiary/aromatic N) is 3. The molecule has 1 N–H and O–H groups in total. The first kappa shape index (κ1) is 19.4. The van der Waals surface area contributed by atoms with E-state index in [1.165, 1.54) is 38.6 Å². The fraction of sp³-hybridized carbons (Fsp3) is 0.739. The number of benzene rings is 1. The van der Waals surface area contributed by atoms with Gasteiger partial charge in [0.1, 0.15) is 5.60 Å². The summed E-state index contributed by atoms with van der Waals surface area (Å²) in [6.45, 7) is 7.59. The van der Waals surface area contributed by atoms with Crippen LogP contribution in [0.25, 0.3) is 0 Å². The fourth-order valence-corrected chi connectivity index (χ4v) is 5.50. The zero-order valence-corrected chi connectivity index (χ0v) is 17.0. The van der Waals surface area contributed by atoms with Crippen molar-refractivity contribution in [3.8, 4) is 0 Å². The highest BCUT2D eigenvalue weighted by Crippen LogP contribution is 2.37. The van der Waals surface area contributed by atoms with E-state index in [-0.39, 0.29) is 6.04 Å². The van der Waals surface area contributed by atoms with E-state index >= 15 is 0 Å². The standard InChI is InChI=1S/C23H37N3O/c1-24-14-16-26(17-15-24)22-19-25(18-20-8-4-2-5-9-20)13-12-23(22,27)21-10-6-3-7-11-21/h3,6-7,10-11,20,22,27H,2,4-5,8-9,12-19H2,1H3/t22-,23+/m1/s1. The summed E-state index contributed by atoms with van der Waals surface area (Å²) in [4.78, 5) is 7.64. The summed E-state index contributed by atoms with van der Waals surface area (Å²) in [5, 5.41) is 11.9. The second-order valence-electron chi connectivity index (χ2n) is 9.16. The van der Waals surface area contributed by atoms with Gasteiger partial charge in [0.05, 0.1) is 6.04 Å². The lowest BCUT2D eigenvalue weighted by molar-refractivity contribution is -0.109. The molecule has 27 heavy (non-hydrogen) atoms. The highest BCUT2D eigenvalue weighted by Gasteiger charge is 2.46. The number of likely N-dealkylation sites (tertiary alicyclic amines) is 1. The van der Waals surface area contributed by atoms with Gasteiger partial charge in [0.15, 0.2) is 0 Å². The summed E-state index contributed by atoms with van der Waals surface area (Å²) in [6, 6.07) is 10.6. The Balaban J connectivity index is 1.51. The van der Waals surface area contributed by atoms with Crippen LogP contribution in [-0.4, -0.2) is 78.7 Å². The predicted octanol–water partition coefficient (Wildman–Crippen LogP) is 2.78. The highest BCUT2D eigenvalue weighted by molar-refractivity contribution is 5.26. The molecule has 0 spiro atoms. The number of likely N-dealkylation sites (N-methyl/N-ethyl adjacent to an activating group) is 1. The molecule has 4 heteroatoms. The molecule has 0 bridgehead atoms. The third kappa shape index (κ3) is 4.40. The van der Waals surface area contributed by atoms with Crippen LogP contribution >= 0.6 is 0 Å². The molecular weight excluding hydrogens is 334 g/mol. The molecule has 0 radical (unpaired) electrons. The molecule has 4 nitrogen and oxygen atoms in total. The van der Waals surface area contributed by atoms with Crippen LogP contribution in [0.1, 0.15) is 44.1 Å². The first-order valence-corrected chi connectivity index (χ1v) is 11.1. The average Bonchev–Trinajstić information content (AvgIpc) is 2.72. The number of hydrogen-bond acceptors (Lipinski definition) is 4. The van der Waals surface area contributed by atoms with Gasteiger partial charge in [0.25, 0.3) is 0 Å². The molecule has 1 saturated carbocycles. The molecule has 0 aromatic heterocycles. The second-order valence-corrected chi connectivity index (χ2v) is 9.16. The van der Waals surface area contributed by atoms with Crippen LogP contribution in [-0.2, 0) is 5.60 Å². The van der Waals surface area contributed by atoms with E-state index in [1.807, 2.05) is 0 Å². The third-order valence-electron chi connectivity index (χ3n) is 7.29. The molecule has 1 aromatic carbocycles. The number of hydrogen-bond donors (Lipinski definition) is 1. The Morgan fingerprint density at radius 3 is 2.37 bits per heavy atom. The van der Waals surface area contributed by atoms with Crippen molar-refractivity contribution in [3.05, 3.63) is 35.9 Å². The number of piperazine rings is 1. The summed E-state index contributed by atoms with van der Waals surface area (Å²) < 4.78 is 0. The molecule has 3 aliphatic rings. The minimum atomic E-state index is -0.722. The fourth-order valence-electron chi connectivity index (χ4n) is 5.50. The van der Waals surface area contributed by atoms with Crippen LogP contribution in [0, 0.1) is 5.92 Å². The smallest absolute Gasteiger partial charge is 0.108 e. The van der Waals surface area contributed by atoms with Gasteiger partial charge in [-0.2, -0.15) is 0 Å². The summed E-state index contributed by atoms with van der Waals surface area (Å²) in [5.74, 6) is 0.870. The van der Waals surface area contributed by atoms with E-state index in [4.69, 9.17) is 0 Å². The van der Waals surface area contributed by atoms with Crippen molar-refractivity contribution in [2.45, 2.75) is 50.2 Å². The molecular formula is C23H37N3O.